The highest BCUT2D eigenvalue weighted by Gasteiger charge is 2.41. The highest BCUT2D eigenvalue weighted by molar-refractivity contribution is 5.80. The van der Waals surface area contributed by atoms with Crippen molar-refractivity contribution < 1.29 is 4.79 Å². The van der Waals surface area contributed by atoms with Gasteiger partial charge in [-0.25, -0.2) is 0 Å². The second-order valence-electron chi connectivity index (χ2n) is 5.61. The average molecular weight is 248 g/mol. The van der Waals surface area contributed by atoms with Crippen LogP contribution in [0, 0.1) is 0 Å². The van der Waals surface area contributed by atoms with Crippen molar-refractivity contribution in [2.45, 2.75) is 57.2 Å². The van der Waals surface area contributed by atoms with Crippen LogP contribution in [0.5, 0.6) is 0 Å². The Bertz CT molecular complexity index is 440. The third kappa shape index (κ3) is 1.86. The van der Waals surface area contributed by atoms with Crippen molar-refractivity contribution in [3.05, 3.63) is 12.2 Å². The van der Waals surface area contributed by atoms with E-state index >= 15 is 0 Å². The number of aromatic nitrogens is 3. The molecule has 3 heterocycles. The summed E-state index contributed by atoms with van der Waals surface area (Å²) in [5.74, 6) is 1.44. The molecule has 1 aromatic heterocycles. The highest BCUT2D eigenvalue weighted by atomic mass is 16.1. The smallest absolute Gasteiger partial charge is 0.149 e. The monoisotopic (exact) mass is 248 g/mol. The van der Waals surface area contributed by atoms with Gasteiger partial charge in [-0.15, -0.1) is 10.2 Å². The van der Waals surface area contributed by atoms with Gasteiger partial charge in [0.25, 0.3) is 0 Å². The summed E-state index contributed by atoms with van der Waals surface area (Å²) in [5, 5.41) is 8.19. The van der Waals surface area contributed by atoms with Crippen molar-refractivity contribution in [3.8, 4) is 0 Å². The lowest BCUT2D eigenvalue weighted by atomic mass is 9.82. The molecule has 0 N–H and O–H groups in total. The molecule has 3 unspecified atom stereocenters. The van der Waals surface area contributed by atoms with Crippen molar-refractivity contribution in [2.75, 3.05) is 0 Å². The zero-order valence-corrected chi connectivity index (χ0v) is 11.0. The van der Waals surface area contributed by atoms with Crippen LogP contribution in [0.2, 0.25) is 0 Å². The molecule has 2 aliphatic rings. The Balaban J connectivity index is 1.87. The average Bonchev–Trinajstić information content (AvgIpc) is 2.73. The number of carbonyl (C=O) groups excluding carboxylic acids is 1. The van der Waals surface area contributed by atoms with Crippen LogP contribution in [0.15, 0.2) is 6.33 Å². The molecule has 2 aliphatic heterocycles. The van der Waals surface area contributed by atoms with Crippen LogP contribution < -0.4 is 0 Å². The van der Waals surface area contributed by atoms with E-state index in [0.29, 0.717) is 17.9 Å². The fraction of sp³-hybridized carbons (Fsp3) is 0.769. The minimum Gasteiger partial charge on any atom is -0.319 e. The molecule has 0 spiro atoms. The SMILES string of the molecule is CC(c1nncn1C)N1C2CCCC1CC(=O)C2. The number of rotatable bonds is 2. The van der Waals surface area contributed by atoms with Crippen LogP contribution in [0.25, 0.3) is 0 Å². The lowest BCUT2D eigenvalue weighted by Crippen LogP contribution is -2.53. The van der Waals surface area contributed by atoms with Gasteiger partial charge in [0.1, 0.15) is 17.9 Å². The molecule has 2 saturated heterocycles. The van der Waals surface area contributed by atoms with E-state index in [1.54, 1.807) is 6.33 Å². The van der Waals surface area contributed by atoms with Crippen LogP contribution in [-0.2, 0) is 11.8 Å². The van der Waals surface area contributed by atoms with Crippen molar-refractivity contribution in [3.63, 3.8) is 0 Å². The number of hydrogen-bond acceptors (Lipinski definition) is 4. The maximum atomic E-state index is 11.7. The Labute approximate surface area is 107 Å². The number of hydrogen-bond donors (Lipinski definition) is 0. The Morgan fingerprint density at radius 2 is 2.00 bits per heavy atom. The molecule has 1 aromatic rings. The lowest BCUT2D eigenvalue weighted by molar-refractivity contribution is -0.128. The highest BCUT2D eigenvalue weighted by Crippen LogP contribution is 2.37. The van der Waals surface area contributed by atoms with Gasteiger partial charge in [-0.1, -0.05) is 6.42 Å². The minimum absolute atomic E-state index is 0.251. The van der Waals surface area contributed by atoms with Crippen LogP contribution in [0.4, 0.5) is 0 Å². The van der Waals surface area contributed by atoms with Gasteiger partial charge >= 0.3 is 0 Å². The molecule has 2 bridgehead atoms. The molecule has 0 radical (unpaired) electrons. The Hall–Kier alpha value is -1.23. The summed E-state index contributed by atoms with van der Waals surface area (Å²) < 4.78 is 1.98. The molecular weight excluding hydrogens is 228 g/mol. The molecule has 0 amide bonds. The van der Waals surface area contributed by atoms with Gasteiger partial charge in [0.15, 0.2) is 0 Å². The molecule has 18 heavy (non-hydrogen) atoms. The van der Waals surface area contributed by atoms with E-state index in [0.717, 1.165) is 31.5 Å². The molecule has 0 aliphatic carbocycles. The summed E-state index contributed by atoms with van der Waals surface area (Å²) in [6, 6.07) is 1.08. The third-order valence-corrected chi connectivity index (χ3v) is 4.41. The summed E-state index contributed by atoms with van der Waals surface area (Å²) in [7, 11) is 1.98. The van der Waals surface area contributed by atoms with Gasteiger partial charge in [-0.05, 0) is 19.8 Å². The van der Waals surface area contributed by atoms with Crippen LogP contribution in [0.3, 0.4) is 0 Å². The van der Waals surface area contributed by atoms with Crippen LogP contribution in [-0.4, -0.2) is 37.5 Å². The quantitative estimate of drug-likeness (QED) is 0.795. The van der Waals surface area contributed by atoms with Gasteiger partial charge in [-0.3, -0.25) is 9.69 Å². The number of Topliss-reactive ketones (excluding diaryl/α,β-unsaturated/α-hetero) is 1. The van der Waals surface area contributed by atoms with Gasteiger partial charge in [0.05, 0.1) is 6.04 Å². The van der Waals surface area contributed by atoms with Crippen molar-refractivity contribution in [1.82, 2.24) is 19.7 Å². The molecule has 3 rings (SSSR count). The number of fused-ring (bicyclic) bond motifs is 2. The fourth-order valence-corrected chi connectivity index (χ4v) is 3.65. The molecular formula is C13H20N4O. The predicted octanol–water partition coefficient (Wildman–Crippen LogP) is 1.46. The zero-order valence-electron chi connectivity index (χ0n) is 11.0. The Kier molecular flexibility index (Phi) is 2.93. The number of aryl methyl sites for hydroxylation is 1. The second kappa shape index (κ2) is 4.46. The summed E-state index contributed by atoms with van der Waals surface area (Å²) >= 11 is 0. The standard InChI is InChI=1S/C13H20N4O/c1-9(13-15-14-8-16(13)2)17-10-4-3-5-11(17)7-12(18)6-10/h8-11H,3-7H2,1-2H3. The van der Waals surface area contributed by atoms with Gasteiger partial charge < -0.3 is 4.57 Å². The number of ketones is 1. The first-order valence-corrected chi connectivity index (χ1v) is 6.80. The van der Waals surface area contributed by atoms with Crippen molar-refractivity contribution in [2.24, 2.45) is 7.05 Å². The Morgan fingerprint density at radius 3 is 2.56 bits per heavy atom. The first-order chi connectivity index (χ1) is 8.66. The predicted molar refractivity (Wildman–Crippen MR) is 66.9 cm³/mol. The zero-order chi connectivity index (χ0) is 12.7. The van der Waals surface area contributed by atoms with E-state index in [9.17, 15) is 4.79 Å². The molecule has 2 fully saturated rings. The Morgan fingerprint density at radius 1 is 1.33 bits per heavy atom. The van der Waals surface area contributed by atoms with Gasteiger partial charge in [-0.2, -0.15) is 0 Å². The molecule has 0 aromatic carbocycles. The number of piperidine rings is 2. The van der Waals surface area contributed by atoms with E-state index in [1.807, 2.05) is 11.6 Å². The largest absolute Gasteiger partial charge is 0.319 e. The van der Waals surface area contributed by atoms with Crippen LogP contribution >= 0.6 is 0 Å². The number of nitrogens with zero attached hydrogens (tertiary/aromatic N) is 4. The molecule has 5 nitrogen and oxygen atoms in total. The summed E-state index contributed by atoms with van der Waals surface area (Å²) in [4.78, 5) is 14.2. The molecule has 98 valence electrons. The molecule has 3 atom stereocenters. The summed E-state index contributed by atoms with van der Waals surface area (Å²) in [6.07, 6.45) is 6.73. The lowest BCUT2D eigenvalue weighted by Gasteiger charge is -2.48. The third-order valence-electron chi connectivity index (χ3n) is 4.41. The van der Waals surface area contributed by atoms with E-state index < -0.39 is 0 Å². The summed E-state index contributed by atoms with van der Waals surface area (Å²) in [5.41, 5.74) is 0. The maximum absolute atomic E-state index is 11.7. The first-order valence-electron chi connectivity index (χ1n) is 6.80. The van der Waals surface area contributed by atoms with E-state index in [-0.39, 0.29) is 6.04 Å². The number of carbonyl (C=O) groups is 1. The summed E-state index contributed by atoms with van der Waals surface area (Å²) in [6.45, 7) is 2.19. The van der Waals surface area contributed by atoms with Crippen molar-refractivity contribution in [1.29, 1.82) is 0 Å². The van der Waals surface area contributed by atoms with E-state index in [1.165, 1.54) is 6.42 Å². The van der Waals surface area contributed by atoms with E-state index in [2.05, 4.69) is 22.0 Å². The molecule has 5 heteroatoms. The minimum atomic E-state index is 0.251. The molecule has 0 saturated carbocycles. The van der Waals surface area contributed by atoms with Crippen molar-refractivity contribution >= 4 is 5.78 Å². The first kappa shape index (κ1) is 11.8. The fourth-order valence-electron chi connectivity index (χ4n) is 3.65. The normalized spacial score (nSPS) is 30.4. The second-order valence-corrected chi connectivity index (χ2v) is 5.61. The van der Waals surface area contributed by atoms with Crippen LogP contribution in [0.1, 0.15) is 50.9 Å². The van der Waals surface area contributed by atoms with Gasteiger partial charge in [0.2, 0.25) is 0 Å². The van der Waals surface area contributed by atoms with Gasteiger partial charge in [0, 0.05) is 32.0 Å². The van der Waals surface area contributed by atoms with E-state index in [4.69, 9.17) is 0 Å². The maximum Gasteiger partial charge on any atom is 0.149 e. The topological polar surface area (TPSA) is 51.0 Å².